The van der Waals surface area contributed by atoms with Gasteiger partial charge in [-0.1, -0.05) is 96.1 Å². The van der Waals surface area contributed by atoms with Crippen molar-refractivity contribution in [1.29, 1.82) is 0 Å². The molecule has 0 saturated heterocycles. The number of ether oxygens (including phenoxy) is 1. The summed E-state index contributed by atoms with van der Waals surface area (Å²) in [5.41, 5.74) is 7.85. The number of fused-ring (bicyclic) bond motifs is 5. The van der Waals surface area contributed by atoms with Crippen LogP contribution < -0.4 is 4.74 Å². The molecule has 0 saturated carbocycles. The lowest BCUT2D eigenvalue weighted by Crippen LogP contribution is -2.12. The summed E-state index contributed by atoms with van der Waals surface area (Å²) < 4.78 is 9.30. The van der Waals surface area contributed by atoms with Crippen molar-refractivity contribution in [1.82, 2.24) is 9.97 Å². The van der Waals surface area contributed by atoms with Crippen molar-refractivity contribution in [2.45, 2.75) is 52.4 Å². The quantitative estimate of drug-likeness (QED) is 0.204. The van der Waals surface area contributed by atoms with E-state index in [0.717, 1.165) is 39.0 Å². The van der Waals surface area contributed by atoms with Crippen LogP contribution >= 0.6 is 11.3 Å². The molecular formula is C40H36N2OS. The molecule has 0 radical (unpaired) electrons. The number of pyridine rings is 2. The first-order valence-electron chi connectivity index (χ1n) is 15.1. The van der Waals surface area contributed by atoms with Gasteiger partial charge in [0.1, 0.15) is 11.5 Å². The zero-order valence-electron chi connectivity index (χ0n) is 26.1. The van der Waals surface area contributed by atoms with E-state index >= 15 is 0 Å². The molecule has 7 aromatic rings. The largest absolute Gasteiger partial charge is 0.457 e. The molecule has 0 aliphatic heterocycles. The minimum absolute atomic E-state index is 0.0324. The highest BCUT2D eigenvalue weighted by molar-refractivity contribution is 7.27. The van der Waals surface area contributed by atoms with Gasteiger partial charge in [0.15, 0.2) is 0 Å². The third-order valence-corrected chi connectivity index (χ3v) is 9.59. The van der Waals surface area contributed by atoms with Crippen molar-refractivity contribution in [2.75, 3.05) is 0 Å². The van der Waals surface area contributed by atoms with Crippen molar-refractivity contribution in [3.63, 3.8) is 0 Å². The van der Waals surface area contributed by atoms with Crippen molar-refractivity contribution >= 4 is 42.4 Å². The Morgan fingerprint density at radius 3 is 2.02 bits per heavy atom. The second-order valence-corrected chi connectivity index (χ2v) is 14.6. The second kappa shape index (κ2) is 10.6. The Kier molecular flexibility index (Phi) is 6.78. The molecule has 7 rings (SSSR count). The number of rotatable bonds is 4. The molecule has 3 aromatic heterocycles. The van der Waals surface area contributed by atoms with E-state index in [4.69, 9.17) is 14.7 Å². The van der Waals surface area contributed by atoms with E-state index in [-0.39, 0.29) is 10.8 Å². The van der Waals surface area contributed by atoms with Crippen LogP contribution in [0.3, 0.4) is 0 Å². The summed E-state index contributed by atoms with van der Waals surface area (Å²) in [6.45, 7) is 13.4. The predicted octanol–water partition coefficient (Wildman–Crippen LogP) is 11.7. The van der Waals surface area contributed by atoms with Crippen LogP contribution in [0.1, 0.15) is 52.7 Å². The fraction of sp³-hybridized carbons (Fsp3) is 0.200. The average Bonchev–Trinajstić information content (AvgIpc) is 3.40. The van der Waals surface area contributed by atoms with Gasteiger partial charge < -0.3 is 4.74 Å². The van der Waals surface area contributed by atoms with Gasteiger partial charge in [0, 0.05) is 44.4 Å². The average molecular weight is 593 g/mol. The maximum Gasteiger partial charge on any atom is 0.136 e. The van der Waals surface area contributed by atoms with Gasteiger partial charge in [0.05, 0.1) is 15.9 Å². The van der Waals surface area contributed by atoms with Crippen LogP contribution in [0.4, 0.5) is 0 Å². The summed E-state index contributed by atoms with van der Waals surface area (Å²) in [7, 11) is 0. The van der Waals surface area contributed by atoms with Gasteiger partial charge in [-0.3, -0.25) is 9.97 Å². The molecule has 3 nitrogen and oxygen atoms in total. The van der Waals surface area contributed by atoms with Crippen LogP contribution in [-0.2, 0) is 10.8 Å². The summed E-state index contributed by atoms with van der Waals surface area (Å²) in [4.78, 5) is 9.67. The van der Waals surface area contributed by atoms with Crippen LogP contribution in [0.2, 0.25) is 0 Å². The van der Waals surface area contributed by atoms with Crippen LogP contribution in [0, 0.1) is 0 Å². The highest BCUT2D eigenvalue weighted by atomic mass is 32.1. The molecule has 0 fully saturated rings. The molecule has 218 valence electrons. The number of hydrogen-bond donors (Lipinski definition) is 0. The molecule has 3 heterocycles. The SMILES string of the molecule is CC(C)(C)c1cc(Oc2cc3c4nccc(-c5ccccc5)c4sc3c3ccccc23)cc(-c2cc(C(C)(C)C)ccn2)c1. The number of nitrogens with zero attached hydrogens (tertiary/aromatic N) is 2. The van der Waals surface area contributed by atoms with E-state index in [9.17, 15) is 0 Å². The molecule has 0 aliphatic rings. The summed E-state index contributed by atoms with van der Waals surface area (Å²) >= 11 is 1.81. The highest BCUT2D eigenvalue weighted by Crippen LogP contribution is 2.46. The molecule has 4 aromatic carbocycles. The highest BCUT2D eigenvalue weighted by Gasteiger charge is 2.21. The van der Waals surface area contributed by atoms with Gasteiger partial charge in [0.2, 0.25) is 0 Å². The summed E-state index contributed by atoms with van der Waals surface area (Å²) in [5.74, 6) is 1.63. The third-order valence-electron chi connectivity index (χ3n) is 8.33. The molecule has 0 aliphatic carbocycles. The molecule has 44 heavy (non-hydrogen) atoms. The van der Waals surface area contributed by atoms with Gasteiger partial charge in [-0.05, 0) is 70.0 Å². The normalized spacial score (nSPS) is 12.3. The first-order valence-corrected chi connectivity index (χ1v) is 16.0. The minimum Gasteiger partial charge on any atom is -0.457 e. The second-order valence-electron chi connectivity index (χ2n) is 13.6. The monoisotopic (exact) mass is 592 g/mol. The first-order chi connectivity index (χ1) is 21.1. The lowest BCUT2D eigenvalue weighted by atomic mass is 9.84. The molecule has 0 amide bonds. The summed E-state index contributed by atoms with van der Waals surface area (Å²) in [6, 6.07) is 34.3. The van der Waals surface area contributed by atoms with E-state index < -0.39 is 0 Å². The van der Waals surface area contributed by atoms with Crippen LogP contribution in [0.15, 0.2) is 109 Å². The number of aromatic nitrogens is 2. The topological polar surface area (TPSA) is 35.0 Å². The van der Waals surface area contributed by atoms with Gasteiger partial charge in [0.25, 0.3) is 0 Å². The van der Waals surface area contributed by atoms with Gasteiger partial charge in [-0.15, -0.1) is 11.3 Å². The van der Waals surface area contributed by atoms with Gasteiger partial charge in [-0.25, -0.2) is 0 Å². The van der Waals surface area contributed by atoms with E-state index in [1.807, 2.05) is 23.7 Å². The molecule has 0 unspecified atom stereocenters. The van der Waals surface area contributed by atoms with Crippen molar-refractivity contribution < 1.29 is 4.74 Å². The predicted molar refractivity (Wildman–Crippen MR) is 187 cm³/mol. The van der Waals surface area contributed by atoms with Crippen LogP contribution in [-0.4, -0.2) is 9.97 Å². The van der Waals surface area contributed by atoms with Crippen molar-refractivity contribution in [2.24, 2.45) is 0 Å². The van der Waals surface area contributed by atoms with Crippen molar-refractivity contribution in [3.8, 4) is 33.9 Å². The third kappa shape index (κ3) is 5.14. The van der Waals surface area contributed by atoms with Crippen LogP contribution in [0.5, 0.6) is 11.5 Å². The summed E-state index contributed by atoms with van der Waals surface area (Å²) in [5, 5.41) is 3.38. The van der Waals surface area contributed by atoms with E-state index in [1.54, 1.807) is 0 Å². The molecule has 0 N–H and O–H groups in total. The number of thiophene rings is 1. The van der Waals surface area contributed by atoms with E-state index in [2.05, 4.69) is 139 Å². The number of benzene rings is 4. The molecular weight excluding hydrogens is 557 g/mol. The molecule has 4 heteroatoms. The maximum atomic E-state index is 6.88. The lowest BCUT2D eigenvalue weighted by molar-refractivity contribution is 0.485. The maximum absolute atomic E-state index is 6.88. The Morgan fingerprint density at radius 1 is 0.568 bits per heavy atom. The number of hydrogen-bond acceptors (Lipinski definition) is 4. The fourth-order valence-corrected chi connectivity index (χ4v) is 7.11. The molecule has 0 spiro atoms. The van der Waals surface area contributed by atoms with E-state index in [1.165, 1.54) is 37.0 Å². The Morgan fingerprint density at radius 2 is 1.27 bits per heavy atom. The standard InChI is InChI=1S/C40H36N2OS/c1-39(2,3)27-16-18-41-34(23-27)26-20-28(40(4,5)6)22-29(21-26)43-35-24-33-36-38(44-37(33)32-15-11-10-14-31(32)35)30(17-19-42-36)25-12-8-7-9-13-25/h7-24H,1-6H3. The Labute approximate surface area is 263 Å². The molecule has 0 bridgehead atoms. The Balaban J connectivity index is 1.41. The van der Waals surface area contributed by atoms with Crippen molar-refractivity contribution in [3.05, 3.63) is 121 Å². The van der Waals surface area contributed by atoms with E-state index in [0.29, 0.717) is 0 Å². The van der Waals surface area contributed by atoms with Gasteiger partial charge >= 0.3 is 0 Å². The summed E-state index contributed by atoms with van der Waals surface area (Å²) in [6.07, 6.45) is 3.84. The fourth-order valence-electron chi connectivity index (χ4n) is 5.80. The Hall–Kier alpha value is -4.54. The zero-order valence-corrected chi connectivity index (χ0v) is 26.9. The smallest absolute Gasteiger partial charge is 0.136 e. The Bertz CT molecular complexity index is 2160. The molecule has 0 atom stereocenters. The lowest BCUT2D eigenvalue weighted by Gasteiger charge is -2.22. The first kappa shape index (κ1) is 28.2. The zero-order chi connectivity index (χ0) is 30.6. The minimum atomic E-state index is -0.0664. The van der Waals surface area contributed by atoms with Gasteiger partial charge in [-0.2, -0.15) is 0 Å². The van der Waals surface area contributed by atoms with Crippen LogP contribution in [0.25, 0.3) is 53.5 Å².